The number of carbonyl (C=O) groups is 4. The van der Waals surface area contributed by atoms with E-state index in [-0.39, 0.29) is 56.2 Å². The van der Waals surface area contributed by atoms with Crippen molar-refractivity contribution < 1.29 is 33.6 Å². The van der Waals surface area contributed by atoms with Gasteiger partial charge in [-0.3, -0.25) is 19.2 Å². The molecule has 1 unspecified atom stereocenters. The van der Waals surface area contributed by atoms with Crippen LogP contribution < -0.4 is 41.5 Å². The average molecular weight is 1010 g/mol. The van der Waals surface area contributed by atoms with E-state index in [1.807, 2.05) is 94.4 Å². The summed E-state index contributed by atoms with van der Waals surface area (Å²) < 4.78 is 18.7. The number of piperidine rings is 1. The number of anilines is 5. The molecule has 2 aliphatic heterocycles. The van der Waals surface area contributed by atoms with Crippen LogP contribution in [0.1, 0.15) is 64.1 Å². The van der Waals surface area contributed by atoms with Crippen molar-refractivity contribution in [3.63, 3.8) is 0 Å². The molecule has 2 aromatic heterocycles. The van der Waals surface area contributed by atoms with Crippen molar-refractivity contribution in [3.8, 4) is 16.2 Å². The van der Waals surface area contributed by atoms with E-state index in [0.29, 0.717) is 59.2 Å². The molecule has 70 heavy (non-hydrogen) atoms. The maximum absolute atomic E-state index is 14.1. The number of rotatable bonds is 17. The van der Waals surface area contributed by atoms with Crippen molar-refractivity contribution in [1.29, 1.82) is 0 Å². The van der Waals surface area contributed by atoms with Crippen LogP contribution in [0.15, 0.2) is 78.4 Å². The Hall–Kier alpha value is -6.07. The van der Waals surface area contributed by atoms with Gasteiger partial charge in [-0.05, 0) is 73.9 Å². The second-order valence-corrected chi connectivity index (χ2v) is 23.6. The Bertz CT molecular complexity index is 2740. The van der Waals surface area contributed by atoms with Gasteiger partial charge < -0.3 is 50.8 Å². The summed E-state index contributed by atoms with van der Waals surface area (Å²) in [5, 5.41) is 26.9. The summed E-state index contributed by atoms with van der Waals surface area (Å²) >= 11 is 8.04. The Morgan fingerprint density at radius 3 is 2.34 bits per heavy atom. The Labute approximate surface area is 417 Å². The van der Waals surface area contributed by atoms with E-state index >= 15 is 0 Å². The van der Waals surface area contributed by atoms with Gasteiger partial charge in [0.2, 0.25) is 29.6 Å². The fourth-order valence-corrected chi connectivity index (χ4v) is 10.7. The molecule has 20 heteroatoms. The lowest BCUT2D eigenvalue weighted by atomic mass is 9.85. The number of ether oxygens (including phenoxy) is 1. The van der Waals surface area contributed by atoms with Crippen molar-refractivity contribution in [2.45, 2.75) is 90.6 Å². The first-order valence-corrected chi connectivity index (χ1v) is 27.1. The number of β-amino-alcohol motifs (C(OH)–C–C–N with tert-alkyl or cyclic N) is 1. The summed E-state index contributed by atoms with van der Waals surface area (Å²) in [6.45, 7) is 12.4. The van der Waals surface area contributed by atoms with E-state index in [9.17, 15) is 28.8 Å². The van der Waals surface area contributed by atoms with Crippen LogP contribution in [0.25, 0.3) is 10.4 Å². The average Bonchev–Trinajstić information content (AvgIpc) is 3.95. The van der Waals surface area contributed by atoms with E-state index in [0.717, 1.165) is 27.4 Å². The lowest BCUT2D eigenvalue weighted by Crippen LogP contribution is -2.57. The number of aliphatic hydroxyl groups is 1. The number of aromatic nitrogens is 3. The molecule has 2 fully saturated rings. The highest BCUT2D eigenvalue weighted by molar-refractivity contribution is 7.70. The van der Waals surface area contributed by atoms with Crippen LogP contribution in [-0.4, -0.2) is 113 Å². The largest absolute Gasteiger partial charge is 0.494 e. The van der Waals surface area contributed by atoms with E-state index in [2.05, 4.69) is 46.4 Å². The maximum atomic E-state index is 14.1. The number of thiazole rings is 1. The second kappa shape index (κ2) is 22.3. The van der Waals surface area contributed by atoms with Gasteiger partial charge in [-0.2, -0.15) is 4.98 Å². The minimum atomic E-state index is -2.59. The smallest absolute Gasteiger partial charge is 0.246 e. The number of aliphatic hydroxyl groups excluding tert-OH is 1. The van der Waals surface area contributed by atoms with Crippen LogP contribution >= 0.6 is 30.1 Å². The number of benzene rings is 3. The standard InChI is InChI=1S/C50H62ClN10O7PS/c1-30-44(70-29-54-30)32-14-12-31(13-15-32)26-52-47(65)39-25-35(62)28-61(39)48(66)45(50(2,3)4)58-43(64)19-18-42(63)55-33-20-22-60(23-21-33)34-16-17-37(40(24-34)68-5)57-49-53-27-36(51)46(59-49)56-38-10-8-9-11-41(38)69(6,7)67/h8-17,24,27,29,33,35,39,45,62H,18-23,25-26,28H2,1-7H3,(H,52,65)(H,55,63)(H,58,64)(H2,53,56,57,59)/t35-,39+,45?/m1/s1. The Morgan fingerprint density at radius 1 is 0.957 bits per heavy atom. The minimum Gasteiger partial charge on any atom is -0.494 e. The zero-order valence-electron chi connectivity index (χ0n) is 40.5. The lowest BCUT2D eigenvalue weighted by molar-refractivity contribution is -0.144. The summed E-state index contributed by atoms with van der Waals surface area (Å²) in [6.07, 6.45) is 1.82. The number of nitrogens with one attached hydrogen (secondary N) is 5. The van der Waals surface area contributed by atoms with Gasteiger partial charge in [0.15, 0.2) is 5.82 Å². The molecule has 3 aromatic carbocycles. The van der Waals surface area contributed by atoms with Gasteiger partial charge in [0.05, 0.1) is 46.9 Å². The van der Waals surface area contributed by atoms with Gasteiger partial charge in [-0.1, -0.05) is 68.8 Å². The molecule has 17 nitrogen and oxygen atoms in total. The van der Waals surface area contributed by atoms with Gasteiger partial charge >= 0.3 is 0 Å². The molecular formula is C50H62ClN10O7PS. The molecule has 3 atom stereocenters. The third-order valence-electron chi connectivity index (χ3n) is 12.4. The van der Waals surface area contributed by atoms with Crippen LogP contribution in [0.3, 0.4) is 0 Å². The number of methoxy groups -OCH3 is 1. The molecule has 0 aliphatic carbocycles. The van der Waals surface area contributed by atoms with Crippen molar-refractivity contribution in [1.82, 2.24) is 35.8 Å². The molecule has 0 spiro atoms. The van der Waals surface area contributed by atoms with Crippen LogP contribution in [0.5, 0.6) is 5.75 Å². The van der Waals surface area contributed by atoms with Gasteiger partial charge in [-0.15, -0.1) is 11.3 Å². The van der Waals surface area contributed by atoms with Gasteiger partial charge in [0.25, 0.3) is 0 Å². The number of halogens is 1. The molecule has 2 aliphatic rings. The minimum absolute atomic E-state index is 0.0411. The second-order valence-electron chi connectivity index (χ2n) is 19.2. The summed E-state index contributed by atoms with van der Waals surface area (Å²) in [4.78, 5) is 72.0. The zero-order chi connectivity index (χ0) is 50.3. The summed E-state index contributed by atoms with van der Waals surface area (Å²) in [7, 11) is -1.01. The molecule has 4 heterocycles. The first kappa shape index (κ1) is 51.8. The Balaban J connectivity index is 0.873. The third-order valence-corrected chi connectivity index (χ3v) is 15.2. The topological polar surface area (TPSA) is 220 Å². The van der Waals surface area contributed by atoms with Crippen LogP contribution in [0.2, 0.25) is 5.02 Å². The Kier molecular flexibility index (Phi) is 16.5. The molecule has 2 saturated heterocycles. The summed E-state index contributed by atoms with van der Waals surface area (Å²) in [5.74, 6) is -0.390. The fraction of sp³-hybridized carbons (Fsp3) is 0.420. The molecule has 0 bridgehead atoms. The first-order valence-electron chi connectivity index (χ1n) is 23.3. The van der Waals surface area contributed by atoms with Crippen molar-refractivity contribution in [2.75, 3.05) is 55.6 Å². The van der Waals surface area contributed by atoms with Crippen molar-refractivity contribution in [2.24, 2.45) is 5.41 Å². The van der Waals surface area contributed by atoms with E-state index < -0.39 is 42.6 Å². The molecule has 5 aromatic rings. The van der Waals surface area contributed by atoms with Crippen LogP contribution in [-0.2, 0) is 30.3 Å². The highest BCUT2D eigenvalue weighted by atomic mass is 35.5. The van der Waals surface area contributed by atoms with Crippen LogP contribution in [0, 0.1) is 12.3 Å². The summed E-state index contributed by atoms with van der Waals surface area (Å²) in [6, 6.07) is 18.9. The van der Waals surface area contributed by atoms with E-state index in [1.54, 1.807) is 37.3 Å². The number of aryl methyl sites for hydroxylation is 1. The fourth-order valence-electron chi connectivity index (χ4n) is 8.61. The molecule has 6 N–H and O–H groups in total. The zero-order valence-corrected chi connectivity index (χ0v) is 43.0. The van der Waals surface area contributed by atoms with Crippen molar-refractivity contribution in [3.05, 3.63) is 94.7 Å². The highest BCUT2D eigenvalue weighted by Crippen LogP contribution is 2.39. The van der Waals surface area contributed by atoms with Crippen molar-refractivity contribution >= 4 is 87.8 Å². The normalized spacial score (nSPS) is 16.9. The predicted octanol–water partition coefficient (Wildman–Crippen LogP) is 6.98. The van der Waals surface area contributed by atoms with E-state index in [1.165, 1.54) is 11.1 Å². The number of hydrogen-bond donors (Lipinski definition) is 6. The molecule has 7 rings (SSSR count). The SMILES string of the molecule is COc1cc(N2CCC(NC(=O)CCC(=O)NC(C(=O)N3C[C@H](O)C[C@H]3C(=O)NCc3ccc(-c4scnc4C)cc3)C(C)(C)C)CC2)ccc1Nc1ncc(Cl)c(Nc2ccccc2P(C)(C)=O)n1. The molecule has 372 valence electrons. The summed E-state index contributed by atoms with van der Waals surface area (Å²) in [5.41, 5.74) is 6.16. The quantitative estimate of drug-likeness (QED) is 0.0519. The molecule has 4 amide bonds. The monoisotopic (exact) mass is 1010 g/mol. The number of carbonyl (C=O) groups excluding carboxylic acids is 4. The molecule has 0 saturated carbocycles. The maximum Gasteiger partial charge on any atom is 0.246 e. The number of nitrogens with zero attached hydrogens (tertiary/aromatic N) is 5. The number of hydrogen-bond acceptors (Lipinski definition) is 14. The predicted molar refractivity (Wildman–Crippen MR) is 276 cm³/mol. The molecule has 0 radical (unpaired) electrons. The van der Waals surface area contributed by atoms with Gasteiger partial charge in [0.1, 0.15) is 30.0 Å². The number of para-hydroxylation sites is 1. The van der Waals surface area contributed by atoms with Gasteiger partial charge in [-0.25, -0.2) is 9.97 Å². The number of amides is 4. The molecular weight excluding hydrogens is 951 g/mol. The third kappa shape index (κ3) is 13.0. The Morgan fingerprint density at radius 2 is 1.67 bits per heavy atom. The van der Waals surface area contributed by atoms with E-state index in [4.69, 9.17) is 16.3 Å². The van der Waals surface area contributed by atoms with Crippen LogP contribution in [0.4, 0.5) is 28.8 Å². The number of likely N-dealkylation sites (tertiary alicyclic amines) is 1. The lowest BCUT2D eigenvalue weighted by Gasteiger charge is -2.35. The first-order chi connectivity index (χ1) is 33.3. The van der Waals surface area contributed by atoms with Gasteiger partial charge in [0, 0.05) is 68.5 Å². The highest BCUT2D eigenvalue weighted by Gasteiger charge is 2.44.